The molecule has 68 valence electrons. The van der Waals surface area contributed by atoms with Crippen LogP contribution in [-0.4, -0.2) is 23.2 Å². The number of hydrogen-bond donors (Lipinski definition) is 2. The molecule has 1 rings (SSSR count). The molecule has 1 heterocycles. The fourth-order valence-electron chi connectivity index (χ4n) is 1.51. The van der Waals surface area contributed by atoms with Crippen molar-refractivity contribution in [1.82, 2.24) is 5.32 Å². The highest BCUT2D eigenvalue weighted by atomic mass is 16.3. The third-order valence-electron chi connectivity index (χ3n) is 2.20. The number of nitrogens with one attached hydrogen (secondary N) is 1. The summed E-state index contributed by atoms with van der Waals surface area (Å²) in [6.07, 6.45) is 0.0198. The van der Waals surface area contributed by atoms with Crippen LogP contribution in [-0.2, 0) is 4.79 Å². The van der Waals surface area contributed by atoms with Gasteiger partial charge in [-0.05, 0) is 20.3 Å². The van der Waals surface area contributed by atoms with Crippen molar-refractivity contribution in [3.05, 3.63) is 12.2 Å². The molecule has 2 N–H and O–H groups in total. The van der Waals surface area contributed by atoms with E-state index in [9.17, 15) is 9.90 Å². The molecule has 3 nitrogen and oxygen atoms in total. The summed E-state index contributed by atoms with van der Waals surface area (Å²) >= 11 is 0. The van der Waals surface area contributed by atoms with Crippen molar-refractivity contribution >= 4 is 5.91 Å². The van der Waals surface area contributed by atoms with E-state index in [2.05, 4.69) is 11.9 Å². The molecule has 1 saturated heterocycles. The van der Waals surface area contributed by atoms with Crippen LogP contribution in [0.3, 0.4) is 0 Å². The first-order valence-electron chi connectivity index (χ1n) is 4.15. The van der Waals surface area contributed by atoms with Crippen LogP contribution in [0.25, 0.3) is 0 Å². The standard InChI is InChI=1S/C9H15NO2/c1-5(2)4-7-8(11)6(3)10-9(7)12/h6-8,11H,1,4H2,2-3H3,(H,10,12)/t6-,7-,8+/m0/s1. The number of amides is 1. The lowest BCUT2D eigenvalue weighted by atomic mass is 9.95. The van der Waals surface area contributed by atoms with E-state index < -0.39 is 6.10 Å². The van der Waals surface area contributed by atoms with E-state index in [1.807, 2.05) is 6.92 Å². The maximum atomic E-state index is 11.2. The van der Waals surface area contributed by atoms with Crippen LogP contribution < -0.4 is 5.32 Å². The highest BCUT2D eigenvalue weighted by molar-refractivity contribution is 5.82. The van der Waals surface area contributed by atoms with E-state index in [0.29, 0.717) is 6.42 Å². The van der Waals surface area contributed by atoms with Crippen molar-refractivity contribution in [1.29, 1.82) is 0 Å². The van der Waals surface area contributed by atoms with Crippen molar-refractivity contribution in [3.8, 4) is 0 Å². The van der Waals surface area contributed by atoms with Crippen LogP contribution in [0, 0.1) is 5.92 Å². The van der Waals surface area contributed by atoms with Gasteiger partial charge in [0.1, 0.15) is 0 Å². The van der Waals surface area contributed by atoms with Gasteiger partial charge in [0.15, 0.2) is 0 Å². The first-order valence-corrected chi connectivity index (χ1v) is 4.15. The number of aliphatic hydroxyl groups excluding tert-OH is 1. The van der Waals surface area contributed by atoms with Crippen LogP contribution in [0.4, 0.5) is 0 Å². The predicted molar refractivity (Wildman–Crippen MR) is 46.5 cm³/mol. The number of carbonyl (C=O) groups excluding carboxylic acids is 1. The third-order valence-corrected chi connectivity index (χ3v) is 2.20. The molecule has 3 heteroatoms. The molecule has 1 fully saturated rings. The fourth-order valence-corrected chi connectivity index (χ4v) is 1.51. The molecule has 12 heavy (non-hydrogen) atoms. The second-order valence-corrected chi connectivity index (χ2v) is 3.56. The molecular formula is C9H15NO2. The van der Waals surface area contributed by atoms with Gasteiger partial charge in [0.25, 0.3) is 0 Å². The third kappa shape index (κ3) is 1.67. The second-order valence-electron chi connectivity index (χ2n) is 3.56. The van der Waals surface area contributed by atoms with Gasteiger partial charge < -0.3 is 10.4 Å². The Bertz CT molecular complexity index is 213. The van der Waals surface area contributed by atoms with Gasteiger partial charge in [0.05, 0.1) is 18.1 Å². The molecular weight excluding hydrogens is 154 g/mol. The molecule has 1 aliphatic heterocycles. The summed E-state index contributed by atoms with van der Waals surface area (Å²) in [5.41, 5.74) is 0.934. The summed E-state index contributed by atoms with van der Waals surface area (Å²) in [4.78, 5) is 11.2. The van der Waals surface area contributed by atoms with E-state index in [1.54, 1.807) is 6.92 Å². The normalized spacial score (nSPS) is 34.9. The van der Waals surface area contributed by atoms with E-state index >= 15 is 0 Å². The van der Waals surface area contributed by atoms with Gasteiger partial charge in [-0.2, -0.15) is 0 Å². The Hall–Kier alpha value is -0.830. The maximum absolute atomic E-state index is 11.2. The first-order chi connectivity index (χ1) is 5.52. The van der Waals surface area contributed by atoms with Crippen LogP contribution >= 0.6 is 0 Å². The zero-order chi connectivity index (χ0) is 9.30. The van der Waals surface area contributed by atoms with Crippen LogP contribution in [0.15, 0.2) is 12.2 Å². The molecule has 3 atom stereocenters. The smallest absolute Gasteiger partial charge is 0.226 e. The summed E-state index contributed by atoms with van der Waals surface area (Å²) in [7, 11) is 0. The maximum Gasteiger partial charge on any atom is 0.226 e. The molecule has 0 aromatic carbocycles. The topological polar surface area (TPSA) is 49.3 Å². The van der Waals surface area contributed by atoms with Crippen LogP contribution in [0.1, 0.15) is 20.3 Å². The Morgan fingerprint density at radius 1 is 1.75 bits per heavy atom. The Kier molecular flexibility index (Phi) is 2.52. The van der Waals surface area contributed by atoms with E-state index in [4.69, 9.17) is 0 Å². The number of allylic oxidation sites excluding steroid dienone is 1. The number of hydrogen-bond acceptors (Lipinski definition) is 2. The molecule has 1 aliphatic rings. The SMILES string of the molecule is C=C(C)C[C@@H]1C(=O)N[C@@H](C)[C@H]1O. The molecule has 0 aliphatic carbocycles. The minimum atomic E-state index is -0.561. The van der Waals surface area contributed by atoms with Crippen molar-refractivity contribution in [2.24, 2.45) is 5.92 Å². The van der Waals surface area contributed by atoms with Gasteiger partial charge in [-0.25, -0.2) is 0 Å². The fraction of sp³-hybridized carbons (Fsp3) is 0.667. The average Bonchev–Trinajstić information content (AvgIpc) is 2.16. The summed E-state index contributed by atoms with van der Waals surface area (Å²) < 4.78 is 0. The van der Waals surface area contributed by atoms with Gasteiger partial charge in [-0.1, -0.05) is 5.57 Å². The highest BCUT2D eigenvalue weighted by Gasteiger charge is 2.38. The van der Waals surface area contributed by atoms with Crippen molar-refractivity contribution in [2.45, 2.75) is 32.4 Å². The number of rotatable bonds is 2. The van der Waals surface area contributed by atoms with Gasteiger partial charge in [-0.3, -0.25) is 4.79 Å². The average molecular weight is 169 g/mol. The van der Waals surface area contributed by atoms with Crippen molar-refractivity contribution in [2.75, 3.05) is 0 Å². The minimum Gasteiger partial charge on any atom is -0.390 e. The first kappa shape index (κ1) is 9.26. The Morgan fingerprint density at radius 2 is 2.33 bits per heavy atom. The van der Waals surface area contributed by atoms with Gasteiger partial charge in [-0.15, -0.1) is 6.58 Å². The largest absolute Gasteiger partial charge is 0.390 e. The molecule has 0 aromatic heterocycles. The molecule has 0 spiro atoms. The zero-order valence-corrected chi connectivity index (χ0v) is 7.50. The second kappa shape index (κ2) is 3.27. The number of carbonyl (C=O) groups is 1. The molecule has 0 unspecified atom stereocenters. The quantitative estimate of drug-likeness (QED) is 0.589. The van der Waals surface area contributed by atoms with Crippen molar-refractivity contribution in [3.63, 3.8) is 0 Å². The molecule has 0 radical (unpaired) electrons. The monoisotopic (exact) mass is 169 g/mol. The predicted octanol–water partition coefficient (Wildman–Crippen LogP) is 0.448. The van der Waals surface area contributed by atoms with Gasteiger partial charge >= 0.3 is 0 Å². The summed E-state index contributed by atoms with van der Waals surface area (Å²) in [5.74, 6) is -0.351. The van der Waals surface area contributed by atoms with Crippen molar-refractivity contribution < 1.29 is 9.90 Å². The minimum absolute atomic E-state index is 0.0574. The van der Waals surface area contributed by atoms with Crippen LogP contribution in [0.5, 0.6) is 0 Å². The molecule has 1 amide bonds. The Morgan fingerprint density at radius 3 is 2.67 bits per heavy atom. The van der Waals surface area contributed by atoms with E-state index in [1.165, 1.54) is 0 Å². The zero-order valence-electron chi connectivity index (χ0n) is 7.50. The van der Waals surface area contributed by atoms with E-state index in [-0.39, 0.29) is 17.9 Å². The van der Waals surface area contributed by atoms with E-state index in [0.717, 1.165) is 5.57 Å². The number of aliphatic hydroxyl groups is 1. The van der Waals surface area contributed by atoms with Gasteiger partial charge in [0, 0.05) is 0 Å². The van der Waals surface area contributed by atoms with Crippen LogP contribution in [0.2, 0.25) is 0 Å². The lowest BCUT2D eigenvalue weighted by molar-refractivity contribution is -0.123. The Balaban J connectivity index is 2.63. The highest BCUT2D eigenvalue weighted by Crippen LogP contribution is 2.22. The van der Waals surface area contributed by atoms with Gasteiger partial charge in [0.2, 0.25) is 5.91 Å². The Labute approximate surface area is 72.5 Å². The summed E-state index contributed by atoms with van der Waals surface area (Å²) in [5, 5.41) is 12.2. The molecule has 0 saturated carbocycles. The lowest BCUT2D eigenvalue weighted by Crippen LogP contribution is -2.28. The summed E-state index contributed by atoms with van der Waals surface area (Å²) in [6, 6.07) is -0.123. The lowest BCUT2D eigenvalue weighted by Gasteiger charge is -2.12. The molecule has 0 aromatic rings. The molecule has 0 bridgehead atoms. The summed E-state index contributed by atoms with van der Waals surface area (Å²) in [6.45, 7) is 7.39.